The summed E-state index contributed by atoms with van der Waals surface area (Å²) in [5.41, 5.74) is 0.662. The lowest BCUT2D eigenvalue weighted by atomic mass is 10.1. The molecule has 0 spiro atoms. The van der Waals surface area contributed by atoms with Crippen LogP contribution in [0.15, 0.2) is 77.7 Å². The Labute approximate surface area is 244 Å². The van der Waals surface area contributed by atoms with Crippen LogP contribution in [0.4, 0.5) is 10.1 Å². The number of para-hydroxylation sites is 1. The number of nitrogens with zero attached hydrogens (tertiary/aromatic N) is 2. The Morgan fingerprint density at radius 1 is 0.900 bits per heavy atom. The molecule has 2 amide bonds. The van der Waals surface area contributed by atoms with E-state index in [1.165, 1.54) is 4.90 Å². The molecular weight excluding hydrogens is 576 g/mol. The second kappa shape index (κ2) is 14.0. The number of hydrogen-bond acceptors (Lipinski definition) is 4. The molecule has 0 aliphatic heterocycles. The third-order valence-corrected chi connectivity index (χ3v) is 9.00. The molecule has 0 bridgehead atoms. The SMILES string of the molecule is CC[C@@H](C)NC(=O)[C@@H](CC)N(Cc1c(Cl)cccc1Cl)C(=O)CN(c1ccccc1)S(=O)(=O)c1ccc(F)cc1. The summed E-state index contributed by atoms with van der Waals surface area (Å²) in [5, 5.41) is 3.52. The van der Waals surface area contributed by atoms with Gasteiger partial charge in [0.25, 0.3) is 10.0 Å². The van der Waals surface area contributed by atoms with E-state index in [9.17, 15) is 22.4 Å². The zero-order chi connectivity index (χ0) is 29.4. The van der Waals surface area contributed by atoms with Crippen molar-refractivity contribution in [2.75, 3.05) is 10.8 Å². The zero-order valence-electron chi connectivity index (χ0n) is 22.5. The van der Waals surface area contributed by atoms with Gasteiger partial charge in [-0.3, -0.25) is 13.9 Å². The first-order chi connectivity index (χ1) is 19.0. The molecule has 7 nitrogen and oxygen atoms in total. The minimum absolute atomic E-state index is 0.122. The average Bonchev–Trinajstić information content (AvgIpc) is 2.93. The molecule has 3 aromatic carbocycles. The van der Waals surface area contributed by atoms with Gasteiger partial charge in [-0.2, -0.15) is 0 Å². The number of rotatable bonds is 12. The van der Waals surface area contributed by atoms with Crippen molar-refractivity contribution in [3.63, 3.8) is 0 Å². The summed E-state index contributed by atoms with van der Waals surface area (Å²) in [6.45, 7) is 4.80. The average molecular weight is 609 g/mol. The second-order valence-electron chi connectivity index (χ2n) is 9.26. The molecule has 3 rings (SSSR count). The van der Waals surface area contributed by atoms with Gasteiger partial charge in [0.05, 0.1) is 10.6 Å². The zero-order valence-corrected chi connectivity index (χ0v) is 24.8. The number of carbonyl (C=O) groups is 2. The fourth-order valence-electron chi connectivity index (χ4n) is 4.07. The predicted octanol–water partition coefficient (Wildman–Crippen LogP) is 6.05. The summed E-state index contributed by atoms with van der Waals surface area (Å²) < 4.78 is 42.0. The lowest BCUT2D eigenvalue weighted by Crippen LogP contribution is -2.53. The molecule has 214 valence electrons. The monoisotopic (exact) mass is 607 g/mol. The smallest absolute Gasteiger partial charge is 0.264 e. The van der Waals surface area contributed by atoms with Crippen molar-refractivity contribution >= 4 is 50.7 Å². The summed E-state index contributed by atoms with van der Waals surface area (Å²) in [4.78, 5) is 28.5. The first kappa shape index (κ1) is 31.4. The maximum Gasteiger partial charge on any atom is 0.264 e. The van der Waals surface area contributed by atoms with E-state index < -0.39 is 34.3 Å². The lowest BCUT2D eigenvalue weighted by molar-refractivity contribution is -0.140. The second-order valence-corrected chi connectivity index (χ2v) is 11.9. The van der Waals surface area contributed by atoms with Crippen molar-refractivity contribution in [2.24, 2.45) is 0 Å². The number of nitrogens with one attached hydrogen (secondary N) is 1. The van der Waals surface area contributed by atoms with Crippen LogP contribution in [0.2, 0.25) is 10.0 Å². The Morgan fingerprint density at radius 3 is 2.05 bits per heavy atom. The van der Waals surface area contributed by atoms with Gasteiger partial charge < -0.3 is 10.2 Å². The van der Waals surface area contributed by atoms with E-state index >= 15 is 0 Å². The molecule has 0 radical (unpaired) electrons. The first-order valence-corrected chi connectivity index (χ1v) is 15.0. The van der Waals surface area contributed by atoms with Gasteiger partial charge in [-0.15, -0.1) is 0 Å². The van der Waals surface area contributed by atoms with Gasteiger partial charge in [-0.25, -0.2) is 12.8 Å². The van der Waals surface area contributed by atoms with Crippen LogP contribution in [-0.4, -0.2) is 43.8 Å². The van der Waals surface area contributed by atoms with Gasteiger partial charge in [0, 0.05) is 28.2 Å². The molecule has 3 aromatic rings. The Kier molecular flexibility index (Phi) is 11.0. The van der Waals surface area contributed by atoms with Crippen molar-refractivity contribution in [1.82, 2.24) is 10.2 Å². The van der Waals surface area contributed by atoms with Crippen LogP contribution in [0, 0.1) is 5.82 Å². The van der Waals surface area contributed by atoms with E-state index in [0.29, 0.717) is 22.0 Å². The van der Waals surface area contributed by atoms with Crippen molar-refractivity contribution in [1.29, 1.82) is 0 Å². The van der Waals surface area contributed by atoms with E-state index in [1.54, 1.807) is 55.5 Å². The molecule has 0 aliphatic rings. The van der Waals surface area contributed by atoms with E-state index in [2.05, 4.69) is 5.32 Å². The molecule has 1 N–H and O–H groups in total. The molecule has 40 heavy (non-hydrogen) atoms. The number of anilines is 1. The number of sulfonamides is 1. The number of hydrogen-bond donors (Lipinski definition) is 1. The summed E-state index contributed by atoms with van der Waals surface area (Å²) >= 11 is 12.8. The van der Waals surface area contributed by atoms with Crippen molar-refractivity contribution < 1.29 is 22.4 Å². The molecule has 0 aromatic heterocycles. The van der Waals surface area contributed by atoms with Crippen LogP contribution in [0.5, 0.6) is 0 Å². The third-order valence-electron chi connectivity index (χ3n) is 6.50. The number of amides is 2. The van der Waals surface area contributed by atoms with E-state index in [4.69, 9.17) is 23.2 Å². The molecule has 11 heteroatoms. The highest BCUT2D eigenvalue weighted by atomic mass is 35.5. The van der Waals surface area contributed by atoms with Gasteiger partial charge in [-0.05, 0) is 68.3 Å². The Morgan fingerprint density at radius 2 is 1.50 bits per heavy atom. The molecular formula is C29H32Cl2FN3O4S. The molecule has 2 atom stereocenters. The van der Waals surface area contributed by atoms with Crippen molar-refractivity contribution in [3.8, 4) is 0 Å². The highest BCUT2D eigenvalue weighted by Gasteiger charge is 2.34. The van der Waals surface area contributed by atoms with Crippen LogP contribution in [-0.2, 0) is 26.2 Å². The minimum Gasteiger partial charge on any atom is -0.352 e. The van der Waals surface area contributed by atoms with Crippen LogP contribution in [0.1, 0.15) is 39.2 Å². The summed E-state index contributed by atoms with van der Waals surface area (Å²) in [6.07, 6.45) is 0.941. The quantitative estimate of drug-likeness (QED) is 0.271. The van der Waals surface area contributed by atoms with Gasteiger partial charge >= 0.3 is 0 Å². The van der Waals surface area contributed by atoms with Crippen LogP contribution < -0.4 is 9.62 Å². The molecule has 0 heterocycles. The minimum atomic E-state index is -4.30. The molecule has 0 saturated heterocycles. The highest BCUT2D eigenvalue weighted by Crippen LogP contribution is 2.29. The first-order valence-electron chi connectivity index (χ1n) is 12.9. The summed E-state index contributed by atoms with van der Waals surface area (Å²) in [6, 6.07) is 16.3. The molecule has 0 fully saturated rings. The Hall–Kier alpha value is -3.14. The Bertz CT molecular complexity index is 1400. The van der Waals surface area contributed by atoms with E-state index in [-0.39, 0.29) is 35.5 Å². The van der Waals surface area contributed by atoms with Gasteiger partial charge in [-0.1, -0.05) is 61.3 Å². The standard InChI is InChI=1S/C29H32Cl2FN3O4S/c1-4-20(3)33-29(37)27(5-2)34(18-24-25(30)12-9-13-26(24)31)28(36)19-35(22-10-7-6-8-11-22)40(38,39)23-16-14-21(32)15-17-23/h6-17,20,27H,4-5,18-19H2,1-3H3,(H,33,37)/t20-,27-/m1/s1. The molecule has 0 unspecified atom stereocenters. The van der Waals surface area contributed by atoms with Crippen molar-refractivity contribution in [2.45, 2.75) is 57.1 Å². The predicted molar refractivity (Wildman–Crippen MR) is 156 cm³/mol. The van der Waals surface area contributed by atoms with Crippen LogP contribution in [0.3, 0.4) is 0 Å². The number of benzene rings is 3. The molecule has 0 aliphatic carbocycles. The topological polar surface area (TPSA) is 86.8 Å². The Balaban J connectivity index is 2.07. The van der Waals surface area contributed by atoms with E-state index in [0.717, 1.165) is 28.6 Å². The third kappa shape index (κ3) is 7.53. The summed E-state index contributed by atoms with van der Waals surface area (Å²) in [5.74, 6) is -1.61. The van der Waals surface area contributed by atoms with Crippen LogP contribution >= 0.6 is 23.2 Å². The van der Waals surface area contributed by atoms with Gasteiger partial charge in [0.15, 0.2) is 0 Å². The number of carbonyl (C=O) groups excluding carboxylic acids is 2. The maximum atomic E-state index is 14.0. The normalized spacial score (nSPS) is 12.8. The number of halogens is 3. The molecule has 0 saturated carbocycles. The maximum absolute atomic E-state index is 14.0. The van der Waals surface area contributed by atoms with Gasteiger partial charge in [0.2, 0.25) is 11.8 Å². The van der Waals surface area contributed by atoms with Gasteiger partial charge in [0.1, 0.15) is 18.4 Å². The fourth-order valence-corrected chi connectivity index (χ4v) is 6.00. The fraction of sp³-hybridized carbons (Fsp3) is 0.310. The van der Waals surface area contributed by atoms with Crippen LogP contribution in [0.25, 0.3) is 0 Å². The largest absolute Gasteiger partial charge is 0.352 e. The lowest BCUT2D eigenvalue weighted by Gasteiger charge is -2.34. The van der Waals surface area contributed by atoms with Crippen molar-refractivity contribution in [3.05, 3.63) is 94.2 Å². The highest BCUT2D eigenvalue weighted by molar-refractivity contribution is 7.92. The summed E-state index contributed by atoms with van der Waals surface area (Å²) in [7, 11) is -4.30. The van der Waals surface area contributed by atoms with E-state index in [1.807, 2.05) is 13.8 Å².